The third kappa shape index (κ3) is 5.10. The van der Waals surface area contributed by atoms with Crippen LogP contribution in [0, 0.1) is 5.82 Å². The minimum absolute atomic E-state index is 0.169. The van der Waals surface area contributed by atoms with Gasteiger partial charge in [-0.1, -0.05) is 13.8 Å². The molecular formula is C14H24FN3. The largest absolute Gasteiger partial charge is 0.309 e. The molecule has 1 aromatic heterocycles. The summed E-state index contributed by atoms with van der Waals surface area (Å²) in [5.74, 6) is -0.285. The summed E-state index contributed by atoms with van der Waals surface area (Å²) in [6.07, 6.45) is 2.39. The van der Waals surface area contributed by atoms with Gasteiger partial charge in [-0.25, -0.2) is 4.39 Å². The maximum Gasteiger partial charge on any atom is 0.141 e. The van der Waals surface area contributed by atoms with Crippen molar-refractivity contribution in [1.29, 1.82) is 0 Å². The van der Waals surface area contributed by atoms with Crippen LogP contribution in [-0.2, 0) is 0 Å². The van der Waals surface area contributed by atoms with Gasteiger partial charge in [0.25, 0.3) is 0 Å². The molecule has 102 valence electrons. The average Bonchev–Trinajstić information content (AvgIpc) is 2.39. The van der Waals surface area contributed by atoms with Crippen molar-refractivity contribution >= 4 is 0 Å². The Morgan fingerprint density at radius 1 is 1.33 bits per heavy atom. The zero-order valence-corrected chi connectivity index (χ0v) is 11.6. The van der Waals surface area contributed by atoms with Crippen molar-refractivity contribution in [2.24, 2.45) is 0 Å². The molecule has 1 heterocycles. The number of nitrogens with zero attached hydrogens (tertiary/aromatic N) is 2. The SMILES string of the molecule is CCN(CC)CCCNC(C)c1ccc(F)cn1. The van der Waals surface area contributed by atoms with Gasteiger partial charge in [-0.2, -0.15) is 0 Å². The van der Waals surface area contributed by atoms with Gasteiger partial charge < -0.3 is 10.2 Å². The number of pyridine rings is 1. The minimum atomic E-state index is -0.285. The summed E-state index contributed by atoms with van der Waals surface area (Å²) in [4.78, 5) is 6.48. The van der Waals surface area contributed by atoms with Gasteiger partial charge in [-0.05, 0) is 51.7 Å². The molecule has 0 aliphatic rings. The first-order valence-electron chi connectivity index (χ1n) is 6.74. The molecule has 0 aliphatic heterocycles. The fourth-order valence-electron chi connectivity index (χ4n) is 1.91. The van der Waals surface area contributed by atoms with Crippen LogP contribution in [0.1, 0.15) is 38.9 Å². The van der Waals surface area contributed by atoms with E-state index >= 15 is 0 Å². The molecule has 18 heavy (non-hydrogen) atoms. The normalized spacial score (nSPS) is 12.9. The lowest BCUT2D eigenvalue weighted by molar-refractivity contribution is 0.296. The van der Waals surface area contributed by atoms with E-state index < -0.39 is 0 Å². The molecule has 0 saturated carbocycles. The smallest absolute Gasteiger partial charge is 0.141 e. The highest BCUT2D eigenvalue weighted by Gasteiger charge is 2.06. The van der Waals surface area contributed by atoms with E-state index in [4.69, 9.17) is 0 Å². The van der Waals surface area contributed by atoms with Crippen LogP contribution in [0.25, 0.3) is 0 Å². The number of aromatic nitrogens is 1. The van der Waals surface area contributed by atoms with Crippen LogP contribution in [0.4, 0.5) is 4.39 Å². The van der Waals surface area contributed by atoms with Crippen molar-refractivity contribution in [2.75, 3.05) is 26.2 Å². The van der Waals surface area contributed by atoms with Gasteiger partial charge in [-0.15, -0.1) is 0 Å². The summed E-state index contributed by atoms with van der Waals surface area (Å²) < 4.78 is 12.7. The highest BCUT2D eigenvalue weighted by atomic mass is 19.1. The number of nitrogens with one attached hydrogen (secondary N) is 1. The van der Waals surface area contributed by atoms with E-state index in [0.717, 1.165) is 38.3 Å². The molecule has 0 bridgehead atoms. The summed E-state index contributed by atoms with van der Waals surface area (Å²) in [7, 11) is 0. The molecule has 0 radical (unpaired) electrons. The molecule has 3 nitrogen and oxygen atoms in total. The second-order valence-electron chi connectivity index (χ2n) is 4.46. The summed E-state index contributed by atoms with van der Waals surface area (Å²) in [5.41, 5.74) is 0.888. The highest BCUT2D eigenvalue weighted by molar-refractivity contribution is 5.08. The molecule has 0 spiro atoms. The zero-order valence-electron chi connectivity index (χ0n) is 11.6. The molecule has 0 aromatic carbocycles. The molecule has 1 rings (SSSR count). The van der Waals surface area contributed by atoms with E-state index in [0.29, 0.717) is 0 Å². The van der Waals surface area contributed by atoms with E-state index in [1.807, 2.05) is 0 Å². The van der Waals surface area contributed by atoms with E-state index in [1.165, 1.54) is 12.3 Å². The van der Waals surface area contributed by atoms with Gasteiger partial charge in [0, 0.05) is 6.04 Å². The lowest BCUT2D eigenvalue weighted by Crippen LogP contribution is -2.28. The van der Waals surface area contributed by atoms with Crippen LogP contribution >= 0.6 is 0 Å². The van der Waals surface area contributed by atoms with E-state index in [1.54, 1.807) is 6.07 Å². The van der Waals surface area contributed by atoms with Crippen molar-refractivity contribution in [3.8, 4) is 0 Å². The summed E-state index contributed by atoms with van der Waals surface area (Å²) in [6.45, 7) is 10.7. The molecule has 4 heteroatoms. The molecule has 0 fully saturated rings. The van der Waals surface area contributed by atoms with Crippen LogP contribution in [0.2, 0.25) is 0 Å². The molecule has 0 aliphatic carbocycles. The maximum atomic E-state index is 12.7. The van der Waals surface area contributed by atoms with Crippen molar-refractivity contribution in [3.63, 3.8) is 0 Å². The maximum absolute atomic E-state index is 12.7. The zero-order chi connectivity index (χ0) is 13.4. The van der Waals surface area contributed by atoms with Gasteiger partial charge in [0.2, 0.25) is 0 Å². The predicted octanol–water partition coefficient (Wildman–Crippen LogP) is 2.60. The van der Waals surface area contributed by atoms with Crippen LogP contribution in [0.5, 0.6) is 0 Å². The third-order valence-corrected chi connectivity index (χ3v) is 3.19. The Bertz CT molecular complexity index is 322. The second kappa shape index (κ2) is 8.16. The van der Waals surface area contributed by atoms with E-state index in [2.05, 4.69) is 36.0 Å². The molecule has 1 unspecified atom stereocenters. The first kappa shape index (κ1) is 15.1. The van der Waals surface area contributed by atoms with Crippen molar-refractivity contribution in [3.05, 3.63) is 29.8 Å². The van der Waals surface area contributed by atoms with Crippen LogP contribution in [0.15, 0.2) is 18.3 Å². The Labute approximate surface area is 109 Å². The first-order chi connectivity index (χ1) is 8.67. The molecular weight excluding hydrogens is 229 g/mol. The van der Waals surface area contributed by atoms with E-state index in [9.17, 15) is 4.39 Å². The van der Waals surface area contributed by atoms with Gasteiger partial charge in [-0.3, -0.25) is 4.98 Å². The standard InChI is InChI=1S/C14H24FN3/c1-4-18(5-2)10-6-9-16-12(3)14-8-7-13(15)11-17-14/h7-8,11-12,16H,4-6,9-10H2,1-3H3. The Balaban J connectivity index is 2.25. The Morgan fingerprint density at radius 2 is 2.06 bits per heavy atom. The minimum Gasteiger partial charge on any atom is -0.309 e. The molecule has 0 amide bonds. The van der Waals surface area contributed by atoms with Gasteiger partial charge in [0.1, 0.15) is 5.82 Å². The van der Waals surface area contributed by atoms with E-state index in [-0.39, 0.29) is 11.9 Å². The number of halogens is 1. The van der Waals surface area contributed by atoms with Gasteiger partial charge >= 0.3 is 0 Å². The fourth-order valence-corrected chi connectivity index (χ4v) is 1.91. The predicted molar refractivity (Wildman–Crippen MR) is 73.0 cm³/mol. The second-order valence-corrected chi connectivity index (χ2v) is 4.46. The first-order valence-corrected chi connectivity index (χ1v) is 6.74. The topological polar surface area (TPSA) is 28.2 Å². The summed E-state index contributed by atoms with van der Waals surface area (Å²) >= 11 is 0. The summed E-state index contributed by atoms with van der Waals surface area (Å²) in [6, 6.07) is 3.36. The van der Waals surface area contributed by atoms with Crippen LogP contribution in [-0.4, -0.2) is 36.1 Å². The lowest BCUT2D eigenvalue weighted by Gasteiger charge is -2.19. The van der Waals surface area contributed by atoms with Crippen LogP contribution < -0.4 is 5.32 Å². The highest BCUT2D eigenvalue weighted by Crippen LogP contribution is 2.09. The number of hydrogen-bond acceptors (Lipinski definition) is 3. The molecule has 1 N–H and O–H groups in total. The van der Waals surface area contributed by atoms with Crippen molar-refractivity contribution in [1.82, 2.24) is 15.2 Å². The fraction of sp³-hybridized carbons (Fsp3) is 0.643. The van der Waals surface area contributed by atoms with Gasteiger partial charge in [0.05, 0.1) is 11.9 Å². The number of hydrogen-bond donors (Lipinski definition) is 1. The lowest BCUT2D eigenvalue weighted by atomic mass is 10.2. The monoisotopic (exact) mass is 253 g/mol. The quantitative estimate of drug-likeness (QED) is 0.722. The third-order valence-electron chi connectivity index (χ3n) is 3.19. The Kier molecular flexibility index (Phi) is 6.83. The molecule has 1 atom stereocenters. The van der Waals surface area contributed by atoms with Crippen LogP contribution in [0.3, 0.4) is 0 Å². The molecule has 0 saturated heterocycles. The molecule has 1 aromatic rings. The van der Waals surface area contributed by atoms with Gasteiger partial charge in [0.15, 0.2) is 0 Å². The number of rotatable bonds is 8. The average molecular weight is 253 g/mol. The Hall–Kier alpha value is -1.00. The van der Waals surface area contributed by atoms with Crippen molar-refractivity contribution in [2.45, 2.75) is 33.2 Å². The van der Waals surface area contributed by atoms with Crippen molar-refractivity contribution < 1.29 is 4.39 Å². The Morgan fingerprint density at radius 3 is 2.61 bits per heavy atom. The summed E-state index contributed by atoms with van der Waals surface area (Å²) in [5, 5.41) is 3.41.